The highest BCUT2D eigenvalue weighted by molar-refractivity contribution is 9.11. The van der Waals surface area contributed by atoms with Gasteiger partial charge in [0.2, 0.25) is 0 Å². The third kappa shape index (κ3) is 5.75. The molecule has 0 aromatic rings. The molecular formula is C9H17BrO2. The largest absolute Gasteiger partial charge is 0.353 e. The van der Waals surface area contributed by atoms with E-state index in [0.29, 0.717) is 13.2 Å². The average molecular weight is 237 g/mol. The van der Waals surface area contributed by atoms with Gasteiger partial charge in [0.25, 0.3) is 0 Å². The highest BCUT2D eigenvalue weighted by Gasteiger charge is 2.07. The highest BCUT2D eigenvalue weighted by atomic mass is 79.9. The number of hydrogen-bond acceptors (Lipinski definition) is 2. The fourth-order valence-corrected chi connectivity index (χ4v) is 1.03. The Bertz CT molecular complexity index is 128. The fourth-order valence-electron chi connectivity index (χ4n) is 0.845. The van der Waals surface area contributed by atoms with Crippen molar-refractivity contribution in [3.05, 3.63) is 10.6 Å². The second-order valence-electron chi connectivity index (χ2n) is 2.50. The molecule has 0 radical (unpaired) electrons. The van der Waals surface area contributed by atoms with Gasteiger partial charge in [-0.25, -0.2) is 0 Å². The normalized spacial score (nSPS) is 12.6. The maximum absolute atomic E-state index is 5.37. The van der Waals surface area contributed by atoms with E-state index in [9.17, 15) is 0 Å². The summed E-state index contributed by atoms with van der Waals surface area (Å²) in [5, 5.41) is 0. The molecule has 0 aliphatic heterocycles. The van der Waals surface area contributed by atoms with Crippen molar-refractivity contribution in [2.45, 2.75) is 33.5 Å². The SMILES string of the molecule is CCOC(C/C(C)=C/Br)OCC. The Kier molecular flexibility index (Phi) is 7.86. The summed E-state index contributed by atoms with van der Waals surface area (Å²) in [5.74, 6) is 0. The van der Waals surface area contributed by atoms with Gasteiger partial charge in [0.1, 0.15) is 0 Å². The molecule has 0 aliphatic carbocycles. The van der Waals surface area contributed by atoms with Crippen LogP contribution in [-0.4, -0.2) is 19.5 Å². The molecule has 3 heteroatoms. The van der Waals surface area contributed by atoms with Gasteiger partial charge in [0.05, 0.1) is 0 Å². The van der Waals surface area contributed by atoms with Crippen molar-refractivity contribution >= 4 is 15.9 Å². The summed E-state index contributed by atoms with van der Waals surface area (Å²) < 4.78 is 10.7. The van der Waals surface area contributed by atoms with Crippen LogP contribution < -0.4 is 0 Å². The molecule has 0 N–H and O–H groups in total. The van der Waals surface area contributed by atoms with Gasteiger partial charge in [0, 0.05) is 19.6 Å². The van der Waals surface area contributed by atoms with Crippen molar-refractivity contribution in [2.75, 3.05) is 13.2 Å². The highest BCUT2D eigenvalue weighted by Crippen LogP contribution is 2.10. The zero-order valence-electron chi connectivity index (χ0n) is 7.97. The maximum Gasteiger partial charge on any atom is 0.161 e. The minimum Gasteiger partial charge on any atom is -0.353 e. The Morgan fingerprint density at radius 1 is 1.33 bits per heavy atom. The van der Waals surface area contributed by atoms with Gasteiger partial charge >= 0.3 is 0 Å². The van der Waals surface area contributed by atoms with Gasteiger partial charge in [-0.3, -0.25) is 0 Å². The van der Waals surface area contributed by atoms with E-state index in [2.05, 4.69) is 15.9 Å². The Hall–Kier alpha value is 0.140. The third-order valence-corrected chi connectivity index (χ3v) is 2.16. The molecule has 0 aliphatic rings. The van der Waals surface area contributed by atoms with E-state index in [1.165, 1.54) is 5.57 Å². The molecule has 0 aromatic carbocycles. The minimum absolute atomic E-state index is 0.0891. The lowest BCUT2D eigenvalue weighted by atomic mass is 10.2. The Balaban J connectivity index is 3.77. The molecule has 0 amide bonds. The molecule has 0 saturated carbocycles. The molecule has 12 heavy (non-hydrogen) atoms. The topological polar surface area (TPSA) is 18.5 Å². The van der Waals surface area contributed by atoms with E-state index >= 15 is 0 Å². The van der Waals surface area contributed by atoms with Crippen LogP contribution in [0.1, 0.15) is 27.2 Å². The van der Waals surface area contributed by atoms with Crippen LogP contribution in [-0.2, 0) is 9.47 Å². The smallest absolute Gasteiger partial charge is 0.161 e. The molecule has 0 atom stereocenters. The molecule has 0 fully saturated rings. The molecule has 72 valence electrons. The summed E-state index contributed by atoms with van der Waals surface area (Å²) in [7, 11) is 0. The van der Waals surface area contributed by atoms with Crippen molar-refractivity contribution in [3.63, 3.8) is 0 Å². The van der Waals surface area contributed by atoms with Crippen molar-refractivity contribution < 1.29 is 9.47 Å². The summed E-state index contributed by atoms with van der Waals surface area (Å²) in [6, 6.07) is 0. The minimum atomic E-state index is -0.0891. The van der Waals surface area contributed by atoms with E-state index in [1.54, 1.807) is 0 Å². The quantitative estimate of drug-likeness (QED) is 0.661. The van der Waals surface area contributed by atoms with E-state index < -0.39 is 0 Å². The van der Waals surface area contributed by atoms with Crippen LogP contribution in [0.25, 0.3) is 0 Å². The molecular weight excluding hydrogens is 220 g/mol. The Morgan fingerprint density at radius 2 is 1.83 bits per heavy atom. The molecule has 2 nitrogen and oxygen atoms in total. The first kappa shape index (κ1) is 12.1. The summed E-state index contributed by atoms with van der Waals surface area (Å²) in [6.45, 7) is 7.37. The van der Waals surface area contributed by atoms with Crippen LogP contribution in [0.2, 0.25) is 0 Å². The molecule has 0 rings (SSSR count). The molecule has 0 heterocycles. The van der Waals surface area contributed by atoms with E-state index in [4.69, 9.17) is 9.47 Å². The molecule has 0 aromatic heterocycles. The van der Waals surface area contributed by atoms with Crippen molar-refractivity contribution in [2.24, 2.45) is 0 Å². The van der Waals surface area contributed by atoms with Crippen LogP contribution in [0, 0.1) is 0 Å². The number of rotatable bonds is 6. The lowest BCUT2D eigenvalue weighted by Gasteiger charge is -2.16. The zero-order valence-corrected chi connectivity index (χ0v) is 9.56. The predicted octanol–water partition coefficient (Wildman–Crippen LogP) is 3.07. The first-order valence-corrected chi connectivity index (χ1v) is 5.15. The van der Waals surface area contributed by atoms with Gasteiger partial charge in [-0.05, 0) is 25.8 Å². The number of hydrogen-bond donors (Lipinski definition) is 0. The van der Waals surface area contributed by atoms with Crippen LogP contribution in [0.5, 0.6) is 0 Å². The summed E-state index contributed by atoms with van der Waals surface area (Å²) in [5.41, 5.74) is 1.22. The van der Waals surface area contributed by atoms with Crippen LogP contribution in [0.3, 0.4) is 0 Å². The van der Waals surface area contributed by atoms with Gasteiger partial charge < -0.3 is 9.47 Å². The van der Waals surface area contributed by atoms with Gasteiger partial charge in [-0.1, -0.05) is 21.5 Å². The standard InChI is InChI=1S/C9H17BrO2/c1-4-11-9(12-5-2)6-8(3)7-10/h7,9H,4-6H2,1-3H3/b8-7+. The number of halogens is 1. The van der Waals surface area contributed by atoms with Gasteiger partial charge in [-0.2, -0.15) is 0 Å². The van der Waals surface area contributed by atoms with Crippen molar-refractivity contribution in [3.8, 4) is 0 Å². The second-order valence-corrected chi connectivity index (χ2v) is 2.96. The fraction of sp³-hybridized carbons (Fsp3) is 0.778. The van der Waals surface area contributed by atoms with Crippen LogP contribution in [0.15, 0.2) is 10.6 Å². The predicted molar refractivity (Wildman–Crippen MR) is 54.3 cm³/mol. The summed E-state index contributed by atoms with van der Waals surface area (Å²) in [6.07, 6.45) is 0.737. The summed E-state index contributed by atoms with van der Waals surface area (Å²) in [4.78, 5) is 1.90. The lowest BCUT2D eigenvalue weighted by molar-refractivity contribution is -0.134. The van der Waals surface area contributed by atoms with Crippen molar-refractivity contribution in [1.29, 1.82) is 0 Å². The number of ether oxygens (including phenoxy) is 2. The van der Waals surface area contributed by atoms with E-state index in [1.807, 2.05) is 25.8 Å². The van der Waals surface area contributed by atoms with Gasteiger partial charge in [0.15, 0.2) is 6.29 Å². The third-order valence-electron chi connectivity index (χ3n) is 1.38. The van der Waals surface area contributed by atoms with Crippen molar-refractivity contribution in [1.82, 2.24) is 0 Å². The monoisotopic (exact) mass is 236 g/mol. The molecule has 0 bridgehead atoms. The molecule has 0 saturated heterocycles. The first-order chi connectivity index (χ1) is 5.74. The first-order valence-electron chi connectivity index (χ1n) is 4.23. The zero-order chi connectivity index (χ0) is 9.40. The average Bonchev–Trinajstić information content (AvgIpc) is 2.05. The lowest BCUT2D eigenvalue weighted by Crippen LogP contribution is -2.17. The second kappa shape index (κ2) is 7.77. The van der Waals surface area contributed by atoms with Crippen LogP contribution >= 0.6 is 15.9 Å². The maximum atomic E-state index is 5.37. The Labute approximate surface area is 83.1 Å². The Morgan fingerprint density at radius 3 is 2.17 bits per heavy atom. The molecule has 0 spiro atoms. The van der Waals surface area contributed by atoms with E-state index in [0.717, 1.165) is 6.42 Å². The van der Waals surface area contributed by atoms with E-state index in [-0.39, 0.29) is 6.29 Å². The van der Waals surface area contributed by atoms with Gasteiger partial charge in [-0.15, -0.1) is 0 Å². The van der Waals surface area contributed by atoms with Crippen LogP contribution in [0.4, 0.5) is 0 Å². The molecule has 0 unspecified atom stereocenters. The summed E-state index contributed by atoms with van der Waals surface area (Å²) >= 11 is 3.27.